The van der Waals surface area contributed by atoms with Crippen LogP contribution in [0.15, 0.2) is 47.4 Å². The summed E-state index contributed by atoms with van der Waals surface area (Å²) in [4.78, 5) is 10.8. The Hall–Kier alpha value is -1.83. The Morgan fingerprint density at radius 2 is 1.74 bits per heavy atom. The van der Waals surface area contributed by atoms with Crippen molar-refractivity contribution >= 4 is 44.9 Å². The van der Waals surface area contributed by atoms with Gasteiger partial charge in [0, 0.05) is 0 Å². The Morgan fingerprint density at radius 3 is 2.30 bits per heavy atom. The molecular formula is C14H10Cl2FNO4S. The third-order valence-corrected chi connectivity index (χ3v) is 5.46. The van der Waals surface area contributed by atoms with Gasteiger partial charge in [0.1, 0.15) is 12.4 Å². The Morgan fingerprint density at radius 1 is 1.13 bits per heavy atom. The van der Waals surface area contributed by atoms with Gasteiger partial charge in [0.2, 0.25) is 0 Å². The molecule has 0 unspecified atom stereocenters. The van der Waals surface area contributed by atoms with E-state index in [-0.39, 0.29) is 20.6 Å². The van der Waals surface area contributed by atoms with Crippen LogP contribution in [0.25, 0.3) is 0 Å². The first-order chi connectivity index (χ1) is 10.7. The number of nitrogens with zero attached hydrogens (tertiary/aromatic N) is 1. The second kappa shape index (κ2) is 6.74. The molecule has 0 atom stereocenters. The first-order valence-electron chi connectivity index (χ1n) is 6.17. The van der Waals surface area contributed by atoms with Crippen LogP contribution in [-0.2, 0) is 14.8 Å². The molecule has 2 aromatic rings. The van der Waals surface area contributed by atoms with Crippen molar-refractivity contribution in [3.05, 3.63) is 58.3 Å². The van der Waals surface area contributed by atoms with E-state index in [4.69, 9.17) is 28.3 Å². The summed E-state index contributed by atoms with van der Waals surface area (Å²) in [5.74, 6) is -2.00. The van der Waals surface area contributed by atoms with E-state index in [1.807, 2.05) is 0 Å². The van der Waals surface area contributed by atoms with Crippen LogP contribution in [0, 0.1) is 5.82 Å². The fourth-order valence-corrected chi connectivity index (χ4v) is 3.71. The molecule has 5 nitrogen and oxygen atoms in total. The van der Waals surface area contributed by atoms with Gasteiger partial charge in [-0.05, 0) is 36.4 Å². The normalized spacial score (nSPS) is 11.3. The maximum absolute atomic E-state index is 13.0. The van der Waals surface area contributed by atoms with Crippen LogP contribution in [0.1, 0.15) is 0 Å². The topological polar surface area (TPSA) is 74.7 Å². The molecule has 23 heavy (non-hydrogen) atoms. The van der Waals surface area contributed by atoms with Gasteiger partial charge in [0.25, 0.3) is 10.0 Å². The van der Waals surface area contributed by atoms with E-state index in [0.717, 1.165) is 24.3 Å². The number of rotatable bonds is 5. The van der Waals surface area contributed by atoms with Crippen molar-refractivity contribution < 1.29 is 22.7 Å². The maximum Gasteiger partial charge on any atom is 0.324 e. The zero-order valence-electron chi connectivity index (χ0n) is 11.4. The Kier molecular flexibility index (Phi) is 5.13. The van der Waals surface area contributed by atoms with Crippen molar-refractivity contribution in [3.63, 3.8) is 0 Å². The fraction of sp³-hybridized carbons (Fsp3) is 0.0714. The number of hydrogen-bond donors (Lipinski definition) is 1. The van der Waals surface area contributed by atoms with E-state index in [1.54, 1.807) is 0 Å². The van der Waals surface area contributed by atoms with E-state index >= 15 is 0 Å². The van der Waals surface area contributed by atoms with Gasteiger partial charge in [-0.2, -0.15) is 0 Å². The zero-order chi connectivity index (χ0) is 17.2. The fourth-order valence-electron chi connectivity index (χ4n) is 1.84. The lowest BCUT2D eigenvalue weighted by atomic mass is 10.3. The average Bonchev–Trinajstić information content (AvgIpc) is 2.48. The van der Waals surface area contributed by atoms with Gasteiger partial charge in [0.05, 0.1) is 20.6 Å². The van der Waals surface area contributed by atoms with Crippen molar-refractivity contribution in [3.8, 4) is 0 Å². The maximum atomic E-state index is 13.0. The van der Waals surface area contributed by atoms with Crippen LogP contribution in [0.4, 0.5) is 10.1 Å². The van der Waals surface area contributed by atoms with E-state index in [0.29, 0.717) is 4.31 Å². The number of carboxylic acids is 1. The molecule has 0 aliphatic rings. The van der Waals surface area contributed by atoms with Crippen molar-refractivity contribution in [2.45, 2.75) is 4.90 Å². The predicted octanol–water partition coefficient (Wildman–Crippen LogP) is 3.41. The van der Waals surface area contributed by atoms with Crippen LogP contribution in [0.3, 0.4) is 0 Å². The van der Waals surface area contributed by atoms with E-state index in [9.17, 15) is 17.6 Å². The molecule has 0 fully saturated rings. The van der Waals surface area contributed by atoms with Crippen LogP contribution in [0.2, 0.25) is 10.0 Å². The van der Waals surface area contributed by atoms with Crippen LogP contribution in [-0.4, -0.2) is 26.0 Å². The highest BCUT2D eigenvalue weighted by Crippen LogP contribution is 2.35. The molecule has 0 bridgehead atoms. The van der Waals surface area contributed by atoms with Crippen molar-refractivity contribution in [2.75, 3.05) is 10.8 Å². The number of halogens is 3. The second-order valence-corrected chi connectivity index (χ2v) is 7.08. The van der Waals surface area contributed by atoms with Crippen molar-refractivity contribution in [2.24, 2.45) is 0 Å². The molecule has 0 saturated heterocycles. The molecular weight excluding hydrogens is 368 g/mol. The number of anilines is 1. The van der Waals surface area contributed by atoms with Gasteiger partial charge in [-0.25, -0.2) is 12.8 Å². The number of carbonyl (C=O) groups is 1. The number of benzene rings is 2. The van der Waals surface area contributed by atoms with E-state index in [2.05, 4.69) is 0 Å². The lowest BCUT2D eigenvalue weighted by Crippen LogP contribution is -2.36. The molecule has 2 rings (SSSR count). The molecule has 1 N–H and O–H groups in total. The second-order valence-electron chi connectivity index (χ2n) is 4.43. The van der Waals surface area contributed by atoms with Crippen LogP contribution >= 0.6 is 23.2 Å². The summed E-state index contributed by atoms with van der Waals surface area (Å²) in [5, 5.41) is 9.00. The summed E-state index contributed by atoms with van der Waals surface area (Å²) < 4.78 is 39.0. The largest absolute Gasteiger partial charge is 0.480 e. The standard InChI is InChI=1S/C14H10Cl2FNO4S/c15-11-2-1-3-12(14(11)16)18(8-13(19)20)23(21,22)10-6-4-9(17)5-7-10/h1-7H,8H2,(H,19,20). The number of sulfonamides is 1. The monoisotopic (exact) mass is 377 g/mol. The van der Waals surface area contributed by atoms with Gasteiger partial charge in [-0.3, -0.25) is 9.10 Å². The third-order valence-electron chi connectivity index (χ3n) is 2.88. The molecule has 2 aromatic carbocycles. The molecule has 0 aromatic heterocycles. The van der Waals surface area contributed by atoms with Gasteiger partial charge in [0.15, 0.2) is 0 Å². The third kappa shape index (κ3) is 3.74. The van der Waals surface area contributed by atoms with Gasteiger partial charge in [-0.1, -0.05) is 29.3 Å². The average molecular weight is 378 g/mol. The van der Waals surface area contributed by atoms with E-state index in [1.165, 1.54) is 18.2 Å². The number of aliphatic carboxylic acids is 1. The smallest absolute Gasteiger partial charge is 0.324 e. The summed E-state index contributed by atoms with van der Waals surface area (Å²) in [7, 11) is -4.26. The highest BCUT2D eigenvalue weighted by molar-refractivity contribution is 7.92. The van der Waals surface area contributed by atoms with Gasteiger partial charge < -0.3 is 5.11 Å². The highest BCUT2D eigenvalue weighted by Gasteiger charge is 2.29. The summed E-state index contributed by atoms with van der Waals surface area (Å²) in [5.41, 5.74) is -0.0779. The summed E-state index contributed by atoms with van der Waals surface area (Å²) in [6.07, 6.45) is 0. The molecule has 0 amide bonds. The van der Waals surface area contributed by atoms with Crippen LogP contribution in [0.5, 0.6) is 0 Å². The van der Waals surface area contributed by atoms with Gasteiger partial charge in [-0.15, -0.1) is 0 Å². The minimum atomic E-state index is -4.26. The first kappa shape index (κ1) is 17.5. The Balaban J connectivity index is 2.60. The minimum absolute atomic E-state index is 0.0776. The zero-order valence-corrected chi connectivity index (χ0v) is 13.7. The highest BCUT2D eigenvalue weighted by atomic mass is 35.5. The Bertz CT molecular complexity index is 840. The number of hydrogen-bond acceptors (Lipinski definition) is 3. The molecule has 0 spiro atoms. The molecule has 122 valence electrons. The summed E-state index contributed by atoms with van der Waals surface area (Å²) in [6, 6.07) is 8.22. The predicted molar refractivity (Wildman–Crippen MR) is 85.0 cm³/mol. The van der Waals surface area contributed by atoms with Crippen molar-refractivity contribution in [1.29, 1.82) is 0 Å². The Labute approximate surface area is 141 Å². The molecule has 0 saturated carbocycles. The van der Waals surface area contributed by atoms with Crippen LogP contribution < -0.4 is 4.31 Å². The molecule has 0 heterocycles. The summed E-state index contributed by atoms with van der Waals surface area (Å²) in [6.45, 7) is -0.861. The molecule has 0 aliphatic heterocycles. The van der Waals surface area contributed by atoms with E-state index < -0.39 is 28.4 Å². The minimum Gasteiger partial charge on any atom is -0.480 e. The van der Waals surface area contributed by atoms with Crippen molar-refractivity contribution in [1.82, 2.24) is 0 Å². The lowest BCUT2D eigenvalue weighted by molar-refractivity contribution is -0.135. The first-order valence-corrected chi connectivity index (χ1v) is 8.37. The SMILES string of the molecule is O=C(O)CN(c1cccc(Cl)c1Cl)S(=O)(=O)c1ccc(F)cc1. The summed E-state index contributed by atoms with van der Waals surface area (Å²) >= 11 is 11.9. The lowest BCUT2D eigenvalue weighted by Gasteiger charge is -2.24. The molecule has 9 heteroatoms. The number of carboxylic acid groups (broad SMARTS) is 1. The molecule has 0 radical (unpaired) electrons. The van der Waals surface area contributed by atoms with Gasteiger partial charge >= 0.3 is 5.97 Å². The molecule has 0 aliphatic carbocycles. The quantitative estimate of drug-likeness (QED) is 0.865.